The molecule has 0 radical (unpaired) electrons. The molecule has 4 aliphatic rings. The fraction of sp³-hybridized carbons (Fsp3) is 0.704. The topological polar surface area (TPSA) is 158 Å². The summed E-state index contributed by atoms with van der Waals surface area (Å²) < 4.78 is 26.6. The molecule has 3 saturated carbocycles. The molecule has 4 unspecified atom stereocenters. The molecule has 2 N–H and O–H groups in total. The average molecular weight is 919 g/mol. The van der Waals surface area contributed by atoms with Gasteiger partial charge in [0.2, 0.25) is 5.71 Å². The Hall–Kier alpha value is -4.32. The molecule has 0 aromatic heterocycles. The summed E-state index contributed by atoms with van der Waals surface area (Å²) in [6.45, 7) is 15.8. The van der Waals surface area contributed by atoms with Crippen molar-refractivity contribution in [3.8, 4) is 11.5 Å². The zero-order valence-corrected chi connectivity index (χ0v) is 41.2. The van der Waals surface area contributed by atoms with Crippen molar-refractivity contribution in [3.05, 3.63) is 52.5 Å². The summed E-state index contributed by atoms with van der Waals surface area (Å²) in [5.41, 5.74) is 1.42. The molecule has 0 spiro atoms. The highest BCUT2D eigenvalue weighted by molar-refractivity contribution is 6.13. The van der Waals surface area contributed by atoms with E-state index in [9.17, 15) is 29.7 Å². The lowest BCUT2D eigenvalue weighted by molar-refractivity contribution is -0.528. The number of benzene rings is 1. The van der Waals surface area contributed by atoms with Crippen LogP contribution in [0, 0.1) is 23.7 Å². The number of anilines is 1. The van der Waals surface area contributed by atoms with Crippen molar-refractivity contribution < 1.29 is 53.2 Å². The molecular weight excluding hydrogens is 837 g/mol. The van der Waals surface area contributed by atoms with Crippen LogP contribution in [-0.2, 0) is 28.6 Å². The number of carbonyl (C=O) groups excluding carboxylic acids is 3. The lowest BCUT2D eigenvalue weighted by Crippen LogP contribution is -2.52. The van der Waals surface area contributed by atoms with Gasteiger partial charge in [0, 0.05) is 42.3 Å². The van der Waals surface area contributed by atoms with E-state index in [2.05, 4.69) is 41.5 Å². The minimum Gasteiger partial charge on any atom is -0.848 e. The third kappa shape index (κ3) is 13.9. The smallest absolute Gasteiger partial charge is 0.309 e. The normalized spacial score (nSPS) is 21.8. The Balaban J connectivity index is 1.49. The highest BCUT2D eigenvalue weighted by Gasteiger charge is 2.46. The van der Waals surface area contributed by atoms with Gasteiger partial charge in [-0.05, 0) is 62.4 Å². The number of nitrogens with zero attached hydrogens (tertiary/aromatic N) is 2. The fourth-order valence-electron chi connectivity index (χ4n) is 9.99. The molecule has 368 valence electrons. The summed E-state index contributed by atoms with van der Waals surface area (Å²) in [5, 5.41) is 38.5. The van der Waals surface area contributed by atoms with Crippen LogP contribution in [-0.4, -0.2) is 96.9 Å². The molecule has 0 saturated heterocycles. The first-order chi connectivity index (χ1) is 32.0. The molecule has 0 amide bonds. The maximum absolute atomic E-state index is 14.7. The molecule has 4 atom stereocenters. The number of Topliss-reactive ketones (excluding diaryl/α,β-unsaturated/α-hetero) is 1. The van der Waals surface area contributed by atoms with E-state index in [4.69, 9.17) is 18.9 Å². The number of ketones is 1. The van der Waals surface area contributed by atoms with Crippen LogP contribution in [0.3, 0.4) is 0 Å². The second-order valence-electron chi connectivity index (χ2n) is 19.1. The number of hydrogen-bond acceptors (Lipinski definition) is 11. The molecule has 66 heavy (non-hydrogen) atoms. The SMILES string of the molecule is CCCCC(CC)COC1=CC(=[N+](CCC)CCOC(=O)C2CCCC2)C=C(O)/C1=C1\C(=O)C(c2c(O)cc(N(CCC)CCOC(=O)C3CCCC3)cc2OCC(CC)CCCC)C1[O-]. The first-order valence-corrected chi connectivity index (χ1v) is 25.9. The van der Waals surface area contributed by atoms with Gasteiger partial charge in [0.05, 0.1) is 49.3 Å². The Kier molecular flexibility index (Phi) is 21.4. The summed E-state index contributed by atoms with van der Waals surface area (Å²) in [6, 6.07) is 3.39. The van der Waals surface area contributed by atoms with E-state index in [0.29, 0.717) is 50.8 Å². The lowest BCUT2D eigenvalue weighted by Gasteiger charge is -2.45. The van der Waals surface area contributed by atoms with Crippen LogP contribution >= 0.6 is 0 Å². The first kappa shape index (κ1) is 52.6. The zero-order chi connectivity index (χ0) is 47.6. The highest BCUT2D eigenvalue weighted by atomic mass is 16.5. The van der Waals surface area contributed by atoms with E-state index < -0.39 is 17.8 Å². The predicted molar refractivity (Wildman–Crippen MR) is 257 cm³/mol. The summed E-state index contributed by atoms with van der Waals surface area (Å²) >= 11 is 0. The number of allylic oxidation sites excluding steroid dienone is 2. The van der Waals surface area contributed by atoms with Crippen molar-refractivity contribution in [1.29, 1.82) is 0 Å². The maximum atomic E-state index is 14.7. The van der Waals surface area contributed by atoms with E-state index in [-0.39, 0.29) is 88.6 Å². The van der Waals surface area contributed by atoms with Crippen molar-refractivity contribution in [2.24, 2.45) is 23.7 Å². The van der Waals surface area contributed by atoms with Gasteiger partial charge in [-0.2, -0.15) is 0 Å². The van der Waals surface area contributed by atoms with Gasteiger partial charge in [-0.1, -0.05) is 112 Å². The Morgan fingerprint density at radius 1 is 0.758 bits per heavy atom. The Labute approximate surface area is 395 Å². The number of unbranched alkanes of at least 4 members (excludes halogenated alkanes) is 2. The summed E-state index contributed by atoms with van der Waals surface area (Å²) in [5.74, 6) is -1.63. The fourth-order valence-corrected chi connectivity index (χ4v) is 9.99. The number of hydrogen-bond donors (Lipinski definition) is 2. The number of aromatic hydroxyl groups is 1. The number of phenolic OH excluding ortho intramolecular Hbond substituents is 1. The lowest BCUT2D eigenvalue weighted by atomic mass is 9.68. The number of aliphatic hydroxyl groups is 1. The van der Waals surface area contributed by atoms with Crippen LogP contribution in [0.4, 0.5) is 5.69 Å². The van der Waals surface area contributed by atoms with Crippen molar-refractivity contribution in [1.82, 2.24) is 0 Å². The molecule has 0 heterocycles. The zero-order valence-electron chi connectivity index (χ0n) is 41.2. The number of carbonyl (C=O) groups is 3. The number of esters is 2. The van der Waals surface area contributed by atoms with Crippen molar-refractivity contribution >= 4 is 29.1 Å². The standard InChI is InChI=1S/C54H81N2O10/c1-7-13-19-37(11-5)35-65-45-33-41(55(25-9-3)27-29-63-53(61)39-21-15-16-22-39)31-43(57)47(45)49-51(59)50(52(49)60)48-44(58)32-42(34-46(48)66-36-38(12-6)20-14-8-2)56(26-10-4)28-30-64-54(62)40-23-17-18-24-40/h31-34,37-40,49,51,57H,7-30,35-36H2,1-6H3/q-1/p+1/b50-48+. The third-order valence-corrected chi connectivity index (χ3v) is 14.2. The number of ether oxygens (including phenoxy) is 4. The minimum atomic E-state index is -1.64. The van der Waals surface area contributed by atoms with Crippen LogP contribution in [0.5, 0.6) is 11.5 Å². The molecule has 12 heteroatoms. The van der Waals surface area contributed by atoms with Crippen molar-refractivity contribution in [2.75, 3.05) is 57.5 Å². The summed E-state index contributed by atoms with van der Waals surface area (Å²) in [6.07, 6.45) is 18.8. The van der Waals surface area contributed by atoms with Crippen LogP contribution in [0.15, 0.2) is 46.9 Å². The molecule has 1 aromatic carbocycles. The van der Waals surface area contributed by atoms with E-state index in [1.807, 2.05) is 15.5 Å². The van der Waals surface area contributed by atoms with E-state index >= 15 is 0 Å². The predicted octanol–water partition coefficient (Wildman–Crippen LogP) is 9.80. The van der Waals surface area contributed by atoms with Gasteiger partial charge in [0.1, 0.15) is 42.8 Å². The van der Waals surface area contributed by atoms with Gasteiger partial charge in [-0.3, -0.25) is 14.4 Å². The van der Waals surface area contributed by atoms with Gasteiger partial charge in [-0.15, -0.1) is 0 Å². The van der Waals surface area contributed by atoms with Crippen molar-refractivity contribution in [2.45, 2.75) is 169 Å². The third-order valence-electron chi connectivity index (χ3n) is 14.2. The second kappa shape index (κ2) is 26.9. The monoisotopic (exact) mass is 919 g/mol. The molecule has 4 aliphatic carbocycles. The summed E-state index contributed by atoms with van der Waals surface area (Å²) in [4.78, 5) is 42.2. The minimum absolute atomic E-state index is 0.0462. The maximum Gasteiger partial charge on any atom is 0.309 e. The number of phenols is 1. The first-order valence-electron chi connectivity index (χ1n) is 25.9. The molecular formula is C54H82N2O10. The highest BCUT2D eigenvalue weighted by Crippen LogP contribution is 2.49. The Bertz CT molecular complexity index is 1890. The molecule has 0 aliphatic heterocycles. The summed E-state index contributed by atoms with van der Waals surface area (Å²) in [7, 11) is 0. The second-order valence-corrected chi connectivity index (χ2v) is 19.1. The van der Waals surface area contributed by atoms with Gasteiger partial charge < -0.3 is 39.2 Å². The Morgan fingerprint density at radius 2 is 1.35 bits per heavy atom. The van der Waals surface area contributed by atoms with Gasteiger partial charge in [0.25, 0.3) is 0 Å². The number of aliphatic hydroxyl groups excluding tert-OH is 1. The van der Waals surface area contributed by atoms with Crippen LogP contribution in [0.25, 0.3) is 0 Å². The molecule has 12 nitrogen and oxygen atoms in total. The van der Waals surface area contributed by atoms with Crippen LogP contribution in [0.1, 0.15) is 169 Å². The quantitative estimate of drug-likeness (QED) is 0.0468. The van der Waals surface area contributed by atoms with Crippen LogP contribution < -0.4 is 14.7 Å². The van der Waals surface area contributed by atoms with Gasteiger partial charge in [-0.25, -0.2) is 4.58 Å². The average Bonchev–Trinajstić information content (AvgIpc) is 4.07. The molecule has 3 fully saturated rings. The number of rotatable bonds is 28. The largest absolute Gasteiger partial charge is 0.848 e. The van der Waals surface area contributed by atoms with E-state index in [1.54, 1.807) is 18.2 Å². The van der Waals surface area contributed by atoms with E-state index in [1.165, 1.54) is 0 Å². The van der Waals surface area contributed by atoms with Gasteiger partial charge >= 0.3 is 11.9 Å². The van der Waals surface area contributed by atoms with Crippen molar-refractivity contribution in [3.63, 3.8) is 0 Å². The molecule has 1 aromatic rings. The van der Waals surface area contributed by atoms with Crippen LogP contribution in [0.2, 0.25) is 0 Å². The molecule has 5 rings (SSSR count). The van der Waals surface area contributed by atoms with E-state index in [0.717, 1.165) is 116 Å². The van der Waals surface area contributed by atoms with Gasteiger partial charge in [0.15, 0.2) is 12.3 Å². The Morgan fingerprint density at radius 3 is 1.89 bits per heavy atom. The molecule has 0 bridgehead atoms.